The second kappa shape index (κ2) is 6.31. The van der Waals surface area contributed by atoms with Crippen molar-refractivity contribution < 1.29 is 13.6 Å². The van der Waals surface area contributed by atoms with Crippen LogP contribution in [-0.4, -0.2) is 19.6 Å². The van der Waals surface area contributed by atoms with Gasteiger partial charge >= 0.3 is 5.69 Å². The van der Waals surface area contributed by atoms with E-state index in [1.165, 1.54) is 21.1 Å². The van der Waals surface area contributed by atoms with Gasteiger partial charge in [-0.1, -0.05) is 0 Å². The van der Waals surface area contributed by atoms with Crippen LogP contribution < -0.4 is 22.1 Å². The zero-order valence-corrected chi connectivity index (χ0v) is 14.5. The van der Waals surface area contributed by atoms with E-state index in [2.05, 4.69) is 5.32 Å². The molecule has 0 bridgehead atoms. The number of benzene rings is 1. The third kappa shape index (κ3) is 2.84. The topological polar surface area (TPSA) is 95.1 Å². The lowest BCUT2D eigenvalue weighted by Crippen LogP contribution is -2.40. The van der Waals surface area contributed by atoms with Crippen LogP contribution in [-0.2, 0) is 21.1 Å². The van der Waals surface area contributed by atoms with Crippen molar-refractivity contribution in [1.29, 1.82) is 0 Å². The average Bonchev–Trinajstić information content (AvgIpc) is 2.62. The number of amides is 1. The summed E-state index contributed by atoms with van der Waals surface area (Å²) in [7, 11) is 3.91. The largest absolute Gasteiger partial charge is 0.332 e. The van der Waals surface area contributed by atoms with E-state index >= 15 is 0 Å². The Hall–Kier alpha value is -3.56. The highest BCUT2D eigenvalue weighted by Gasteiger charge is 2.21. The summed E-state index contributed by atoms with van der Waals surface area (Å²) >= 11 is 0. The van der Waals surface area contributed by atoms with Gasteiger partial charge in [0.15, 0.2) is 0 Å². The third-order valence-corrected chi connectivity index (χ3v) is 4.24. The SMILES string of the molecule is Cn1c(=O)c2c(C(=O)Nc3cc(F)ccc3F)cc(=O)n(C)c2n(C)c1=O. The highest BCUT2D eigenvalue weighted by molar-refractivity contribution is 6.11. The van der Waals surface area contributed by atoms with Gasteiger partial charge in [-0.15, -0.1) is 0 Å². The van der Waals surface area contributed by atoms with Crippen molar-refractivity contribution in [2.75, 3.05) is 5.32 Å². The van der Waals surface area contributed by atoms with Gasteiger partial charge in [-0.3, -0.25) is 28.1 Å². The Bertz CT molecular complexity index is 1290. The number of hydrogen-bond acceptors (Lipinski definition) is 4. The van der Waals surface area contributed by atoms with Gasteiger partial charge < -0.3 is 5.32 Å². The first-order chi connectivity index (χ1) is 12.6. The summed E-state index contributed by atoms with van der Waals surface area (Å²) in [6.45, 7) is 0. The first-order valence-corrected chi connectivity index (χ1v) is 7.69. The van der Waals surface area contributed by atoms with Gasteiger partial charge in [-0.2, -0.15) is 0 Å². The van der Waals surface area contributed by atoms with Crippen molar-refractivity contribution in [1.82, 2.24) is 13.7 Å². The minimum Gasteiger partial charge on any atom is -0.319 e. The number of pyridine rings is 1. The summed E-state index contributed by atoms with van der Waals surface area (Å²) in [4.78, 5) is 49.6. The van der Waals surface area contributed by atoms with Crippen molar-refractivity contribution in [3.63, 3.8) is 0 Å². The first kappa shape index (κ1) is 18.2. The van der Waals surface area contributed by atoms with Gasteiger partial charge in [0.2, 0.25) is 0 Å². The van der Waals surface area contributed by atoms with Gasteiger partial charge in [0.1, 0.15) is 17.3 Å². The van der Waals surface area contributed by atoms with Gasteiger partial charge in [-0.25, -0.2) is 13.6 Å². The van der Waals surface area contributed by atoms with Crippen molar-refractivity contribution in [3.05, 3.63) is 72.7 Å². The Kier molecular flexibility index (Phi) is 4.26. The van der Waals surface area contributed by atoms with E-state index in [9.17, 15) is 28.0 Å². The van der Waals surface area contributed by atoms with Crippen LogP contribution in [0.2, 0.25) is 0 Å². The number of carbonyl (C=O) groups is 1. The van der Waals surface area contributed by atoms with Crippen LogP contribution in [0.25, 0.3) is 11.0 Å². The van der Waals surface area contributed by atoms with E-state index in [0.717, 1.165) is 38.0 Å². The summed E-state index contributed by atoms with van der Waals surface area (Å²) in [5.74, 6) is -2.66. The second-order valence-electron chi connectivity index (χ2n) is 5.94. The molecule has 0 radical (unpaired) electrons. The predicted molar refractivity (Wildman–Crippen MR) is 94.0 cm³/mol. The molecule has 0 aliphatic heterocycles. The van der Waals surface area contributed by atoms with Crippen molar-refractivity contribution in [2.45, 2.75) is 0 Å². The molecule has 3 rings (SSSR count). The average molecular weight is 376 g/mol. The number of aromatic nitrogens is 3. The minimum absolute atomic E-state index is 0.0690. The van der Waals surface area contributed by atoms with E-state index in [1.807, 2.05) is 0 Å². The van der Waals surface area contributed by atoms with Gasteiger partial charge in [0, 0.05) is 33.3 Å². The zero-order valence-electron chi connectivity index (χ0n) is 14.5. The highest BCUT2D eigenvalue weighted by atomic mass is 19.1. The maximum absolute atomic E-state index is 13.8. The smallest absolute Gasteiger partial charge is 0.319 e. The van der Waals surface area contributed by atoms with Gasteiger partial charge in [0.05, 0.1) is 16.6 Å². The van der Waals surface area contributed by atoms with Crippen LogP contribution in [0.3, 0.4) is 0 Å². The van der Waals surface area contributed by atoms with Gasteiger partial charge in [0.25, 0.3) is 17.0 Å². The predicted octanol–water partition coefficient (Wildman–Crippen LogP) is 0.466. The fourth-order valence-corrected chi connectivity index (χ4v) is 2.82. The maximum Gasteiger partial charge on any atom is 0.332 e. The number of nitrogens with zero attached hydrogens (tertiary/aromatic N) is 3. The summed E-state index contributed by atoms with van der Waals surface area (Å²) < 4.78 is 30.0. The van der Waals surface area contributed by atoms with E-state index < -0.39 is 40.0 Å². The molecule has 0 saturated carbocycles. The fraction of sp³-hybridized carbons (Fsp3) is 0.176. The molecular formula is C17H14F2N4O4. The number of anilines is 1. The lowest BCUT2D eigenvalue weighted by atomic mass is 10.1. The van der Waals surface area contributed by atoms with Crippen LogP contribution in [0, 0.1) is 11.6 Å². The first-order valence-electron chi connectivity index (χ1n) is 7.69. The molecule has 0 aliphatic carbocycles. The molecule has 3 aromatic rings. The van der Waals surface area contributed by atoms with Crippen LogP contribution in [0.1, 0.15) is 10.4 Å². The summed E-state index contributed by atoms with van der Waals surface area (Å²) in [6.07, 6.45) is 0. The maximum atomic E-state index is 13.8. The Morgan fingerprint density at radius 3 is 2.30 bits per heavy atom. The molecule has 1 amide bonds. The Balaban J connectivity index is 2.32. The molecule has 0 unspecified atom stereocenters. The minimum atomic E-state index is -0.988. The van der Waals surface area contributed by atoms with Crippen LogP contribution in [0.4, 0.5) is 14.5 Å². The summed E-state index contributed by atoms with van der Waals surface area (Å²) in [6, 6.07) is 3.38. The van der Waals surface area contributed by atoms with Gasteiger partial charge in [-0.05, 0) is 12.1 Å². The van der Waals surface area contributed by atoms with E-state index in [1.54, 1.807) is 0 Å². The monoisotopic (exact) mass is 376 g/mol. The molecule has 0 fully saturated rings. The molecule has 140 valence electrons. The lowest BCUT2D eigenvalue weighted by Gasteiger charge is -2.14. The molecule has 0 saturated heterocycles. The third-order valence-electron chi connectivity index (χ3n) is 4.24. The van der Waals surface area contributed by atoms with Crippen LogP contribution >= 0.6 is 0 Å². The van der Waals surface area contributed by atoms with Crippen molar-refractivity contribution >= 4 is 22.6 Å². The molecule has 0 spiro atoms. The molecule has 2 aromatic heterocycles. The Morgan fingerprint density at radius 2 is 1.63 bits per heavy atom. The molecule has 8 nitrogen and oxygen atoms in total. The van der Waals surface area contributed by atoms with E-state index in [-0.39, 0.29) is 16.6 Å². The number of fused-ring (bicyclic) bond motifs is 1. The number of rotatable bonds is 2. The second-order valence-corrected chi connectivity index (χ2v) is 5.94. The molecule has 1 N–H and O–H groups in total. The van der Waals surface area contributed by atoms with E-state index in [0.29, 0.717) is 0 Å². The molecular weight excluding hydrogens is 362 g/mol. The molecule has 0 atom stereocenters. The lowest BCUT2D eigenvalue weighted by molar-refractivity contribution is 0.102. The van der Waals surface area contributed by atoms with Crippen LogP contribution in [0.5, 0.6) is 0 Å². The normalized spacial score (nSPS) is 11.0. The molecule has 2 heterocycles. The quantitative estimate of drug-likeness (QED) is 0.703. The standard InChI is InChI=1S/C17H14F2N4O4/c1-21-12(24)7-9(13-15(21)22(2)17(27)23(3)16(13)26)14(25)20-11-6-8(18)4-5-10(11)19/h4-7H,1-3H3,(H,20,25). The Labute approximate surface area is 149 Å². The summed E-state index contributed by atoms with van der Waals surface area (Å²) in [5.41, 5.74) is -3.01. The number of halogens is 2. The van der Waals surface area contributed by atoms with E-state index in [4.69, 9.17) is 0 Å². The fourth-order valence-electron chi connectivity index (χ4n) is 2.82. The number of aryl methyl sites for hydroxylation is 2. The highest BCUT2D eigenvalue weighted by Crippen LogP contribution is 2.18. The molecule has 27 heavy (non-hydrogen) atoms. The molecule has 10 heteroatoms. The number of nitrogens with one attached hydrogen (secondary N) is 1. The van der Waals surface area contributed by atoms with Crippen LogP contribution in [0.15, 0.2) is 38.6 Å². The molecule has 0 aliphatic rings. The number of carbonyl (C=O) groups excluding carboxylic acids is 1. The summed E-state index contributed by atoms with van der Waals surface area (Å²) in [5, 5.41) is 1.95. The Morgan fingerprint density at radius 1 is 0.963 bits per heavy atom. The zero-order chi connectivity index (χ0) is 20.0. The van der Waals surface area contributed by atoms with Crippen molar-refractivity contribution in [2.24, 2.45) is 21.1 Å². The molecule has 1 aromatic carbocycles. The number of hydrogen-bond donors (Lipinski definition) is 1. The van der Waals surface area contributed by atoms with Crippen molar-refractivity contribution in [3.8, 4) is 0 Å².